The van der Waals surface area contributed by atoms with Gasteiger partial charge in [-0.05, 0) is 121 Å². The normalized spacial score (nSPS) is 11.2. The number of hydrogen-bond donors (Lipinski definition) is 4. The molecular weight excluding hydrogens is 777 g/mol. The zero-order valence-electron chi connectivity index (χ0n) is 32.6. The van der Waals surface area contributed by atoms with Gasteiger partial charge in [-0.2, -0.15) is 0 Å². The molecule has 0 radical (unpaired) electrons. The Hall–Kier alpha value is -8.12. The molecule has 8 aromatic rings. The van der Waals surface area contributed by atoms with Crippen molar-refractivity contribution in [3.05, 3.63) is 217 Å². The van der Waals surface area contributed by atoms with E-state index >= 15 is 17.6 Å². The van der Waals surface area contributed by atoms with Crippen LogP contribution in [0.5, 0.6) is 0 Å². The van der Waals surface area contributed by atoms with E-state index in [-0.39, 0.29) is 45.5 Å². The van der Waals surface area contributed by atoms with Crippen molar-refractivity contribution in [2.24, 2.45) is 0 Å². The van der Waals surface area contributed by atoms with Gasteiger partial charge >= 0.3 is 0 Å². The predicted molar refractivity (Wildman–Crippen MR) is 240 cm³/mol. The van der Waals surface area contributed by atoms with Crippen molar-refractivity contribution in [1.29, 1.82) is 0 Å². The standard InChI is InChI=1S/C49H40F4N8/c50-41-29-33(54)21-25-45(41)58(37-13-5-1-6-14-37)49(59(38-15-7-2-8-16-38)46-26-22-34(55)30-42(46)51,60(39-17-9-3-10-18-39)47-27-23-35(56)31-43(47)52)61(40-19-11-4-12-20-40)48-28-24-36(57)32-44(48)53/h1-32H,54-57H2. The SMILES string of the molecule is Nc1ccc(N(c2ccccc2)C(N(c2ccccc2)c2ccc(N)cc2F)(N(c2ccccc2)c2ccc(N)cc2F)N(c2ccccc2)c2ccc(N)cc2F)c(F)c1. The van der Waals surface area contributed by atoms with Crippen molar-refractivity contribution in [2.45, 2.75) is 5.91 Å². The fraction of sp³-hybridized carbons (Fsp3) is 0.0204. The summed E-state index contributed by atoms with van der Waals surface area (Å²) in [5.41, 5.74) is 26.1. The average Bonchev–Trinajstić information content (AvgIpc) is 3.26. The van der Waals surface area contributed by atoms with Crippen LogP contribution >= 0.6 is 0 Å². The summed E-state index contributed by atoms with van der Waals surface area (Å²) in [5.74, 6) is -5.69. The van der Waals surface area contributed by atoms with Crippen molar-refractivity contribution in [3.8, 4) is 0 Å². The van der Waals surface area contributed by atoms with Gasteiger partial charge < -0.3 is 22.9 Å². The van der Waals surface area contributed by atoms with Crippen LogP contribution in [0.25, 0.3) is 0 Å². The number of nitrogens with two attached hydrogens (primary N) is 4. The minimum atomic E-state index is -2.45. The first-order chi connectivity index (χ1) is 29.6. The van der Waals surface area contributed by atoms with Gasteiger partial charge in [0.1, 0.15) is 23.3 Å². The van der Waals surface area contributed by atoms with E-state index in [0.717, 1.165) is 24.3 Å². The maximum atomic E-state index is 17.5. The van der Waals surface area contributed by atoms with Gasteiger partial charge in [0.15, 0.2) is 0 Å². The Balaban J connectivity index is 1.75. The van der Waals surface area contributed by atoms with Gasteiger partial charge in [-0.1, -0.05) is 72.8 Å². The van der Waals surface area contributed by atoms with Gasteiger partial charge in [0, 0.05) is 45.5 Å². The number of anilines is 12. The zero-order valence-corrected chi connectivity index (χ0v) is 32.6. The third kappa shape index (κ3) is 7.42. The van der Waals surface area contributed by atoms with Gasteiger partial charge in [-0.3, -0.25) is 19.6 Å². The van der Waals surface area contributed by atoms with Crippen molar-refractivity contribution in [3.63, 3.8) is 0 Å². The Bertz CT molecular complexity index is 2390. The molecule has 0 spiro atoms. The highest BCUT2D eigenvalue weighted by atomic mass is 19.1. The molecule has 0 aliphatic rings. The van der Waals surface area contributed by atoms with E-state index in [4.69, 9.17) is 22.9 Å². The van der Waals surface area contributed by atoms with E-state index in [2.05, 4.69) is 0 Å². The molecule has 304 valence electrons. The van der Waals surface area contributed by atoms with Crippen LogP contribution in [-0.2, 0) is 0 Å². The Morgan fingerprint density at radius 2 is 0.475 bits per heavy atom. The van der Waals surface area contributed by atoms with E-state index in [1.54, 1.807) is 141 Å². The van der Waals surface area contributed by atoms with Crippen LogP contribution in [0.3, 0.4) is 0 Å². The summed E-state index contributed by atoms with van der Waals surface area (Å²) >= 11 is 0. The van der Waals surface area contributed by atoms with E-state index in [1.165, 1.54) is 48.5 Å². The second-order valence-corrected chi connectivity index (χ2v) is 14.1. The summed E-state index contributed by atoms with van der Waals surface area (Å²) in [4.78, 5) is 6.26. The third-order valence-corrected chi connectivity index (χ3v) is 10.1. The highest BCUT2D eigenvalue weighted by Gasteiger charge is 2.58. The second-order valence-electron chi connectivity index (χ2n) is 14.1. The van der Waals surface area contributed by atoms with Crippen molar-refractivity contribution in [1.82, 2.24) is 0 Å². The Morgan fingerprint density at radius 1 is 0.279 bits per heavy atom. The molecule has 8 N–H and O–H groups in total. The first kappa shape index (κ1) is 39.7. The maximum Gasteiger partial charge on any atom is 0.296 e. The van der Waals surface area contributed by atoms with E-state index in [9.17, 15) is 0 Å². The monoisotopic (exact) mass is 816 g/mol. The summed E-state index contributed by atoms with van der Waals surface area (Å²) in [6, 6.07) is 51.4. The highest BCUT2D eigenvalue weighted by Crippen LogP contribution is 2.55. The quantitative estimate of drug-likeness (QED) is 0.0547. The fourth-order valence-corrected chi connectivity index (χ4v) is 7.62. The molecule has 0 aromatic heterocycles. The molecule has 12 heteroatoms. The lowest BCUT2D eigenvalue weighted by Crippen LogP contribution is -2.76. The maximum absolute atomic E-state index is 17.5. The van der Waals surface area contributed by atoms with Crippen LogP contribution in [0.4, 0.5) is 85.8 Å². The topological polar surface area (TPSA) is 117 Å². The first-order valence-corrected chi connectivity index (χ1v) is 19.2. The molecule has 0 fully saturated rings. The molecule has 0 heterocycles. The van der Waals surface area contributed by atoms with Gasteiger partial charge in [0.2, 0.25) is 0 Å². The number of nitrogen functional groups attached to an aromatic ring is 4. The highest BCUT2D eigenvalue weighted by molar-refractivity contribution is 5.88. The van der Waals surface area contributed by atoms with E-state index in [1.807, 2.05) is 0 Å². The number of rotatable bonds is 12. The van der Waals surface area contributed by atoms with Crippen LogP contribution < -0.4 is 42.5 Å². The Morgan fingerprint density at radius 3 is 0.656 bits per heavy atom. The van der Waals surface area contributed by atoms with Crippen LogP contribution in [-0.4, -0.2) is 5.91 Å². The van der Waals surface area contributed by atoms with Crippen LogP contribution in [0.1, 0.15) is 0 Å². The van der Waals surface area contributed by atoms with Crippen LogP contribution in [0.2, 0.25) is 0 Å². The number of nitrogens with zero attached hydrogens (tertiary/aromatic N) is 4. The van der Waals surface area contributed by atoms with E-state index < -0.39 is 29.2 Å². The van der Waals surface area contributed by atoms with Gasteiger partial charge in [-0.25, -0.2) is 17.6 Å². The van der Waals surface area contributed by atoms with Gasteiger partial charge in [0.25, 0.3) is 5.91 Å². The molecule has 8 nitrogen and oxygen atoms in total. The molecule has 0 unspecified atom stereocenters. The molecule has 8 rings (SSSR count). The Labute approximate surface area is 350 Å². The molecule has 0 saturated carbocycles. The average molecular weight is 817 g/mol. The minimum Gasteiger partial charge on any atom is -0.399 e. The van der Waals surface area contributed by atoms with Crippen molar-refractivity contribution in [2.75, 3.05) is 42.5 Å². The number of halogens is 4. The van der Waals surface area contributed by atoms with E-state index in [0.29, 0.717) is 22.7 Å². The smallest absolute Gasteiger partial charge is 0.296 e. The summed E-state index contributed by atoms with van der Waals surface area (Å²) < 4.78 is 69.9. The minimum absolute atomic E-state index is 0.110. The number of hydrogen-bond acceptors (Lipinski definition) is 8. The van der Waals surface area contributed by atoms with Crippen molar-refractivity contribution < 1.29 is 17.6 Å². The molecule has 0 amide bonds. The number of benzene rings is 8. The fourth-order valence-electron chi connectivity index (χ4n) is 7.62. The Kier molecular flexibility index (Phi) is 10.8. The lowest BCUT2D eigenvalue weighted by atomic mass is 10.0. The van der Waals surface area contributed by atoms with Crippen molar-refractivity contribution >= 4 is 68.2 Å². The summed E-state index contributed by atoms with van der Waals surface area (Å²) in [6.07, 6.45) is 0. The third-order valence-electron chi connectivity index (χ3n) is 10.1. The summed E-state index contributed by atoms with van der Waals surface area (Å²) in [5, 5.41) is 0. The molecule has 0 atom stereocenters. The molecule has 8 aromatic carbocycles. The molecule has 0 saturated heterocycles. The predicted octanol–water partition coefficient (Wildman–Crippen LogP) is 11.8. The summed E-state index contributed by atoms with van der Waals surface area (Å²) in [6.45, 7) is 0. The number of para-hydroxylation sites is 4. The zero-order chi connectivity index (χ0) is 42.7. The van der Waals surface area contributed by atoms with Crippen LogP contribution in [0.15, 0.2) is 194 Å². The molecular formula is C49H40F4N8. The summed E-state index contributed by atoms with van der Waals surface area (Å²) in [7, 11) is 0. The lowest BCUT2D eigenvalue weighted by Gasteiger charge is -2.62. The first-order valence-electron chi connectivity index (χ1n) is 19.2. The second kappa shape index (κ2) is 16.6. The molecule has 0 bridgehead atoms. The lowest BCUT2D eigenvalue weighted by molar-refractivity contribution is 0.419. The van der Waals surface area contributed by atoms with Gasteiger partial charge in [-0.15, -0.1) is 0 Å². The largest absolute Gasteiger partial charge is 0.399 e. The van der Waals surface area contributed by atoms with Gasteiger partial charge in [0.05, 0.1) is 22.7 Å². The molecule has 0 aliphatic heterocycles. The molecule has 61 heavy (non-hydrogen) atoms. The van der Waals surface area contributed by atoms with Crippen LogP contribution in [0, 0.1) is 23.3 Å². The molecule has 0 aliphatic carbocycles.